The molecule has 0 aliphatic rings. The van der Waals surface area contributed by atoms with Gasteiger partial charge in [0.2, 0.25) is 0 Å². The van der Waals surface area contributed by atoms with Crippen molar-refractivity contribution in [2.75, 3.05) is 26.4 Å². The van der Waals surface area contributed by atoms with Gasteiger partial charge in [0.25, 0.3) is 0 Å². The van der Waals surface area contributed by atoms with Gasteiger partial charge in [0.15, 0.2) is 0 Å². The molecule has 1 aromatic rings. The van der Waals surface area contributed by atoms with Gasteiger partial charge in [-0.25, -0.2) is 0 Å². The summed E-state index contributed by atoms with van der Waals surface area (Å²) in [5.41, 5.74) is 6.17. The van der Waals surface area contributed by atoms with Crippen LogP contribution in [0.1, 0.15) is 13.3 Å². The Bertz CT molecular complexity index is 296. The number of rotatable bonds is 6. The molecule has 3 heteroatoms. The monoisotopic (exact) mass is 238 g/mol. The molecule has 1 rings (SSSR count). The molecule has 0 aromatic heterocycles. The Hall–Kier alpha value is -0.510. The fraction of sp³-hybridized carbons (Fsp3) is 0.538. The Morgan fingerprint density at radius 1 is 1.25 bits per heavy atom. The lowest BCUT2D eigenvalue weighted by Crippen LogP contribution is -2.41. The second-order valence-corrected chi connectivity index (χ2v) is 5.86. The Balaban J connectivity index is 2.36. The standard InChI is InChI=1S/C13H22N2S/c1-13(14,9-10-15(2)3)11-16-12-7-5-4-6-8-12/h4-8H,9-11,14H2,1-3H3/t13-/m1/s1. The summed E-state index contributed by atoms with van der Waals surface area (Å²) in [6.45, 7) is 3.18. The Morgan fingerprint density at radius 2 is 1.88 bits per heavy atom. The first-order valence-corrected chi connectivity index (χ1v) is 6.60. The van der Waals surface area contributed by atoms with Crippen LogP contribution in [-0.4, -0.2) is 36.8 Å². The predicted octanol–water partition coefficient (Wildman–Crippen LogP) is 2.45. The van der Waals surface area contributed by atoms with Crippen LogP contribution in [0.5, 0.6) is 0 Å². The van der Waals surface area contributed by atoms with Crippen molar-refractivity contribution in [1.82, 2.24) is 4.90 Å². The molecule has 0 spiro atoms. The van der Waals surface area contributed by atoms with E-state index < -0.39 is 0 Å². The van der Waals surface area contributed by atoms with Crippen LogP contribution in [0.15, 0.2) is 35.2 Å². The van der Waals surface area contributed by atoms with E-state index in [1.807, 2.05) is 17.8 Å². The highest BCUT2D eigenvalue weighted by Crippen LogP contribution is 2.22. The predicted molar refractivity (Wildman–Crippen MR) is 72.9 cm³/mol. The Morgan fingerprint density at radius 3 is 2.44 bits per heavy atom. The maximum Gasteiger partial charge on any atom is 0.0233 e. The molecule has 0 fully saturated rings. The van der Waals surface area contributed by atoms with E-state index in [2.05, 4.69) is 50.2 Å². The number of benzene rings is 1. The summed E-state index contributed by atoms with van der Waals surface area (Å²) in [6.07, 6.45) is 1.03. The first-order chi connectivity index (χ1) is 7.49. The number of hydrogen-bond donors (Lipinski definition) is 1. The average molecular weight is 238 g/mol. The van der Waals surface area contributed by atoms with Gasteiger partial charge in [-0.1, -0.05) is 18.2 Å². The van der Waals surface area contributed by atoms with E-state index in [4.69, 9.17) is 5.73 Å². The SMILES string of the molecule is CN(C)CC[C@@](C)(N)CSc1ccccc1. The smallest absolute Gasteiger partial charge is 0.0233 e. The third-order valence-electron chi connectivity index (χ3n) is 2.44. The van der Waals surface area contributed by atoms with Crippen molar-refractivity contribution in [3.05, 3.63) is 30.3 Å². The van der Waals surface area contributed by atoms with E-state index in [0.29, 0.717) is 0 Å². The molecular formula is C13H22N2S. The van der Waals surface area contributed by atoms with Crippen molar-refractivity contribution < 1.29 is 0 Å². The van der Waals surface area contributed by atoms with Crippen LogP contribution in [0.3, 0.4) is 0 Å². The lowest BCUT2D eigenvalue weighted by atomic mass is 10.0. The first kappa shape index (κ1) is 13.6. The zero-order valence-corrected chi connectivity index (χ0v) is 11.3. The summed E-state index contributed by atoms with van der Waals surface area (Å²) in [6, 6.07) is 10.4. The summed E-state index contributed by atoms with van der Waals surface area (Å²) in [7, 11) is 4.17. The molecule has 0 amide bonds. The van der Waals surface area contributed by atoms with Crippen LogP contribution in [-0.2, 0) is 0 Å². The second-order valence-electron chi connectivity index (χ2n) is 4.81. The lowest BCUT2D eigenvalue weighted by molar-refractivity contribution is 0.347. The third-order valence-corrected chi connectivity index (χ3v) is 3.85. The van der Waals surface area contributed by atoms with E-state index in [1.54, 1.807) is 0 Å². The van der Waals surface area contributed by atoms with Crippen LogP contribution < -0.4 is 5.73 Å². The third kappa shape index (κ3) is 5.54. The topological polar surface area (TPSA) is 29.3 Å². The highest BCUT2D eigenvalue weighted by atomic mass is 32.2. The molecule has 0 saturated carbocycles. The van der Waals surface area contributed by atoms with E-state index in [1.165, 1.54) is 4.90 Å². The van der Waals surface area contributed by atoms with Gasteiger partial charge in [-0.3, -0.25) is 0 Å². The van der Waals surface area contributed by atoms with Crippen molar-refractivity contribution in [3.8, 4) is 0 Å². The van der Waals surface area contributed by atoms with E-state index >= 15 is 0 Å². The average Bonchev–Trinajstić information content (AvgIpc) is 2.26. The summed E-state index contributed by atoms with van der Waals surface area (Å²) in [4.78, 5) is 3.47. The highest BCUT2D eigenvalue weighted by molar-refractivity contribution is 7.99. The van der Waals surface area contributed by atoms with Crippen LogP contribution >= 0.6 is 11.8 Å². The number of thioether (sulfide) groups is 1. The van der Waals surface area contributed by atoms with Gasteiger partial charge in [0, 0.05) is 16.2 Å². The van der Waals surface area contributed by atoms with Gasteiger partial charge < -0.3 is 10.6 Å². The van der Waals surface area contributed by atoms with E-state index in [9.17, 15) is 0 Å². The minimum Gasteiger partial charge on any atom is -0.325 e. The van der Waals surface area contributed by atoms with Gasteiger partial charge in [-0.05, 0) is 46.1 Å². The fourth-order valence-corrected chi connectivity index (χ4v) is 2.31. The van der Waals surface area contributed by atoms with Crippen molar-refractivity contribution in [2.45, 2.75) is 23.8 Å². The molecule has 1 atom stereocenters. The number of nitrogens with zero attached hydrogens (tertiary/aromatic N) is 1. The molecule has 0 saturated heterocycles. The van der Waals surface area contributed by atoms with Gasteiger partial charge in [0.05, 0.1) is 0 Å². The largest absolute Gasteiger partial charge is 0.325 e. The normalized spacial score (nSPS) is 15.1. The summed E-state index contributed by atoms with van der Waals surface area (Å²) < 4.78 is 0. The molecule has 0 heterocycles. The summed E-state index contributed by atoms with van der Waals surface area (Å²) in [5, 5.41) is 0. The molecule has 0 unspecified atom stereocenters. The van der Waals surface area contributed by atoms with E-state index in [-0.39, 0.29) is 5.54 Å². The van der Waals surface area contributed by atoms with E-state index in [0.717, 1.165) is 18.7 Å². The van der Waals surface area contributed by atoms with Crippen LogP contribution in [0.4, 0.5) is 0 Å². The van der Waals surface area contributed by atoms with Gasteiger partial charge in [-0.15, -0.1) is 11.8 Å². The second kappa shape index (κ2) is 6.28. The van der Waals surface area contributed by atoms with Gasteiger partial charge >= 0.3 is 0 Å². The van der Waals surface area contributed by atoms with Crippen LogP contribution in [0.25, 0.3) is 0 Å². The molecule has 0 aliphatic heterocycles. The molecule has 90 valence electrons. The highest BCUT2D eigenvalue weighted by Gasteiger charge is 2.18. The van der Waals surface area contributed by atoms with Crippen LogP contribution in [0.2, 0.25) is 0 Å². The molecule has 2 nitrogen and oxygen atoms in total. The fourth-order valence-electron chi connectivity index (χ4n) is 1.32. The number of nitrogens with two attached hydrogens (primary N) is 1. The molecule has 2 N–H and O–H groups in total. The van der Waals surface area contributed by atoms with Gasteiger partial charge in [-0.2, -0.15) is 0 Å². The molecular weight excluding hydrogens is 216 g/mol. The van der Waals surface area contributed by atoms with Gasteiger partial charge in [0.1, 0.15) is 0 Å². The maximum atomic E-state index is 6.27. The van der Waals surface area contributed by atoms with Crippen LogP contribution in [0, 0.1) is 0 Å². The Kier molecular flexibility index (Phi) is 5.32. The quantitative estimate of drug-likeness (QED) is 0.772. The minimum absolute atomic E-state index is 0.0925. The molecule has 0 bridgehead atoms. The summed E-state index contributed by atoms with van der Waals surface area (Å²) in [5.74, 6) is 0.963. The zero-order chi connectivity index (χ0) is 12.0. The molecule has 16 heavy (non-hydrogen) atoms. The van der Waals surface area contributed by atoms with Crippen molar-refractivity contribution in [3.63, 3.8) is 0 Å². The number of hydrogen-bond acceptors (Lipinski definition) is 3. The minimum atomic E-state index is -0.0925. The lowest BCUT2D eigenvalue weighted by Gasteiger charge is -2.25. The molecule has 1 aromatic carbocycles. The zero-order valence-electron chi connectivity index (χ0n) is 10.4. The molecule has 0 radical (unpaired) electrons. The summed E-state index contributed by atoms with van der Waals surface area (Å²) >= 11 is 1.84. The van der Waals surface area contributed by atoms with Crippen molar-refractivity contribution in [2.24, 2.45) is 5.73 Å². The van der Waals surface area contributed by atoms with Crippen molar-refractivity contribution in [1.29, 1.82) is 0 Å². The van der Waals surface area contributed by atoms with Crippen molar-refractivity contribution >= 4 is 11.8 Å². The molecule has 0 aliphatic carbocycles. The first-order valence-electron chi connectivity index (χ1n) is 5.61. The maximum absolute atomic E-state index is 6.27. The Labute approximate surface area is 103 Å².